The highest BCUT2D eigenvalue weighted by atomic mass is 19.1. The third-order valence-electron chi connectivity index (χ3n) is 4.82. The number of nitrogens with zero attached hydrogens (tertiary/aromatic N) is 1. The van der Waals surface area contributed by atoms with Crippen LogP contribution in [0.2, 0.25) is 0 Å². The van der Waals surface area contributed by atoms with Gasteiger partial charge in [-0.1, -0.05) is 0 Å². The molecule has 0 unspecified atom stereocenters. The van der Waals surface area contributed by atoms with Crippen molar-refractivity contribution in [2.24, 2.45) is 0 Å². The Morgan fingerprint density at radius 2 is 2.27 bits per heavy atom. The molecule has 0 spiro atoms. The van der Waals surface area contributed by atoms with Crippen molar-refractivity contribution in [2.45, 2.75) is 32.4 Å². The first-order chi connectivity index (χ1) is 12.5. The van der Waals surface area contributed by atoms with Crippen LogP contribution in [0.5, 0.6) is 5.75 Å². The van der Waals surface area contributed by atoms with Crippen LogP contribution >= 0.6 is 0 Å². The highest BCUT2D eigenvalue weighted by Crippen LogP contribution is 2.35. The van der Waals surface area contributed by atoms with E-state index in [1.807, 2.05) is 6.92 Å². The van der Waals surface area contributed by atoms with Crippen LogP contribution in [-0.4, -0.2) is 15.6 Å². The smallest absolute Gasteiger partial charge is 0.267 e. The van der Waals surface area contributed by atoms with Crippen LogP contribution in [0.3, 0.4) is 0 Å². The van der Waals surface area contributed by atoms with E-state index in [0.717, 1.165) is 6.07 Å². The Hall–Kier alpha value is -3.09. The average Bonchev–Trinajstić information content (AvgIpc) is 3.12. The molecular weight excluding hydrogens is 339 g/mol. The van der Waals surface area contributed by atoms with Gasteiger partial charge < -0.3 is 19.4 Å². The highest BCUT2D eigenvalue weighted by molar-refractivity contribution is 6.03. The van der Waals surface area contributed by atoms with Crippen LogP contribution in [0.15, 0.2) is 39.7 Å². The van der Waals surface area contributed by atoms with Gasteiger partial charge in [-0.25, -0.2) is 4.39 Å². The van der Waals surface area contributed by atoms with Gasteiger partial charge in [-0.05, 0) is 49.6 Å². The molecule has 1 atom stereocenters. The SMILES string of the molecule is C[C@H]1CCc2cc(F)cc3c(O)c(C(=O)NCc4ccco4)c(=O)n1c23. The Balaban J connectivity index is 1.88. The largest absolute Gasteiger partial charge is 0.506 e. The number of pyridine rings is 1. The van der Waals surface area contributed by atoms with Crippen LogP contribution in [0.4, 0.5) is 4.39 Å². The third-order valence-corrected chi connectivity index (χ3v) is 4.82. The van der Waals surface area contributed by atoms with E-state index >= 15 is 0 Å². The Labute approximate surface area is 147 Å². The molecule has 2 aromatic heterocycles. The van der Waals surface area contributed by atoms with Crippen molar-refractivity contribution in [3.8, 4) is 5.75 Å². The fourth-order valence-corrected chi connectivity index (χ4v) is 3.56. The summed E-state index contributed by atoms with van der Waals surface area (Å²) in [5.74, 6) is -1.21. The second kappa shape index (κ2) is 6.01. The summed E-state index contributed by atoms with van der Waals surface area (Å²) in [6, 6.07) is 5.74. The van der Waals surface area contributed by atoms with E-state index in [-0.39, 0.29) is 23.5 Å². The first kappa shape index (κ1) is 16.4. The Bertz CT molecular complexity index is 1070. The number of aromatic hydroxyl groups is 1. The summed E-state index contributed by atoms with van der Waals surface area (Å²) in [6.45, 7) is 1.95. The number of carbonyl (C=O) groups excluding carboxylic acids is 1. The molecule has 0 radical (unpaired) electrons. The molecule has 0 saturated carbocycles. The maximum absolute atomic E-state index is 14.0. The number of halogens is 1. The zero-order chi connectivity index (χ0) is 18.4. The number of carbonyl (C=O) groups is 1. The summed E-state index contributed by atoms with van der Waals surface area (Å²) in [5.41, 5.74) is 0.199. The number of amides is 1. The lowest BCUT2D eigenvalue weighted by molar-refractivity contribution is 0.0943. The van der Waals surface area contributed by atoms with E-state index in [2.05, 4.69) is 5.32 Å². The molecule has 1 amide bonds. The molecule has 0 saturated heterocycles. The minimum atomic E-state index is -0.724. The molecule has 3 heterocycles. The third kappa shape index (κ3) is 2.47. The zero-order valence-corrected chi connectivity index (χ0v) is 14.1. The fourth-order valence-electron chi connectivity index (χ4n) is 3.56. The monoisotopic (exact) mass is 356 g/mol. The molecule has 2 N–H and O–H groups in total. The normalized spacial score (nSPS) is 16.0. The van der Waals surface area contributed by atoms with Gasteiger partial charge in [-0.3, -0.25) is 9.59 Å². The molecule has 1 aliphatic rings. The van der Waals surface area contributed by atoms with Gasteiger partial charge in [0, 0.05) is 11.4 Å². The van der Waals surface area contributed by atoms with Crippen LogP contribution in [0.25, 0.3) is 10.9 Å². The number of hydrogen-bond donors (Lipinski definition) is 2. The molecule has 26 heavy (non-hydrogen) atoms. The minimum absolute atomic E-state index is 0.0761. The molecule has 0 bridgehead atoms. The van der Waals surface area contributed by atoms with E-state index < -0.39 is 23.0 Å². The van der Waals surface area contributed by atoms with E-state index in [0.29, 0.717) is 29.7 Å². The van der Waals surface area contributed by atoms with Crippen LogP contribution in [0.1, 0.15) is 41.1 Å². The summed E-state index contributed by atoms with van der Waals surface area (Å²) in [5, 5.41) is 13.3. The molecule has 4 rings (SSSR count). The maximum atomic E-state index is 14.0. The number of furan rings is 1. The summed E-state index contributed by atoms with van der Waals surface area (Å²) in [4.78, 5) is 25.5. The number of rotatable bonds is 3. The second-order valence-corrected chi connectivity index (χ2v) is 6.51. The lowest BCUT2D eigenvalue weighted by Gasteiger charge is -2.26. The number of benzene rings is 1. The standard InChI is InChI=1S/C19H17FN2O4/c1-10-4-5-11-7-12(20)8-14-16(11)22(10)19(25)15(17(14)23)18(24)21-9-13-3-2-6-26-13/h2-3,6-8,10,23H,4-5,9H2,1H3,(H,21,24)/t10-/m0/s1. The molecule has 134 valence electrons. The van der Waals surface area contributed by atoms with Gasteiger partial charge in [0.1, 0.15) is 22.9 Å². The van der Waals surface area contributed by atoms with Crippen molar-refractivity contribution in [3.05, 3.63) is 63.6 Å². The fraction of sp³-hybridized carbons (Fsp3) is 0.263. The predicted octanol–water partition coefficient (Wildman–Crippen LogP) is 2.88. The molecule has 0 fully saturated rings. The van der Waals surface area contributed by atoms with Gasteiger partial charge >= 0.3 is 0 Å². The van der Waals surface area contributed by atoms with Crippen molar-refractivity contribution in [1.82, 2.24) is 9.88 Å². The van der Waals surface area contributed by atoms with Crippen molar-refractivity contribution in [3.63, 3.8) is 0 Å². The van der Waals surface area contributed by atoms with E-state index in [9.17, 15) is 19.1 Å². The average molecular weight is 356 g/mol. The van der Waals surface area contributed by atoms with Gasteiger partial charge in [0.15, 0.2) is 0 Å². The molecule has 6 nitrogen and oxygen atoms in total. The van der Waals surface area contributed by atoms with Crippen molar-refractivity contribution in [2.75, 3.05) is 0 Å². The maximum Gasteiger partial charge on any atom is 0.267 e. The summed E-state index contributed by atoms with van der Waals surface area (Å²) in [6.07, 6.45) is 2.74. The zero-order valence-electron chi connectivity index (χ0n) is 14.1. The van der Waals surface area contributed by atoms with E-state index in [1.165, 1.54) is 16.9 Å². The predicted molar refractivity (Wildman–Crippen MR) is 92.7 cm³/mol. The van der Waals surface area contributed by atoms with Gasteiger partial charge in [-0.15, -0.1) is 0 Å². The van der Waals surface area contributed by atoms with Gasteiger partial charge in [0.05, 0.1) is 18.3 Å². The topological polar surface area (TPSA) is 84.5 Å². The van der Waals surface area contributed by atoms with Gasteiger partial charge in [-0.2, -0.15) is 0 Å². The minimum Gasteiger partial charge on any atom is -0.506 e. The van der Waals surface area contributed by atoms with Crippen molar-refractivity contribution < 1.29 is 18.7 Å². The van der Waals surface area contributed by atoms with E-state index in [4.69, 9.17) is 4.42 Å². The summed E-state index contributed by atoms with van der Waals surface area (Å²) in [7, 11) is 0. The lowest BCUT2D eigenvalue weighted by Crippen LogP contribution is -2.35. The van der Waals surface area contributed by atoms with Crippen LogP contribution in [-0.2, 0) is 13.0 Å². The molecule has 1 aromatic carbocycles. The second-order valence-electron chi connectivity index (χ2n) is 6.51. The first-order valence-electron chi connectivity index (χ1n) is 8.37. The Morgan fingerprint density at radius 3 is 3.00 bits per heavy atom. The highest BCUT2D eigenvalue weighted by Gasteiger charge is 2.28. The summed E-state index contributed by atoms with van der Waals surface area (Å²) >= 11 is 0. The summed E-state index contributed by atoms with van der Waals surface area (Å²) < 4.78 is 20.6. The van der Waals surface area contributed by atoms with Crippen molar-refractivity contribution in [1.29, 1.82) is 0 Å². The molecule has 3 aromatic rings. The quantitative estimate of drug-likeness (QED) is 0.756. The van der Waals surface area contributed by atoms with E-state index in [1.54, 1.807) is 12.1 Å². The number of hydrogen-bond acceptors (Lipinski definition) is 4. The van der Waals surface area contributed by atoms with Gasteiger partial charge in [0.25, 0.3) is 11.5 Å². The lowest BCUT2D eigenvalue weighted by atomic mass is 9.95. The number of aromatic nitrogens is 1. The van der Waals surface area contributed by atoms with Crippen LogP contribution < -0.4 is 10.9 Å². The molecular formula is C19H17FN2O4. The Kier molecular flexibility index (Phi) is 3.79. The van der Waals surface area contributed by atoms with Crippen LogP contribution in [0, 0.1) is 5.82 Å². The number of nitrogens with one attached hydrogen (secondary N) is 1. The molecule has 7 heteroatoms. The molecule has 1 aliphatic heterocycles. The van der Waals surface area contributed by atoms with Gasteiger partial charge in [0.2, 0.25) is 0 Å². The first-order valence-corrected chi connectivity index (χ1v) is 8.37. The molecule has 0 aliphatic carbocycles. The number of aryl methyl sites for hydroxylation is 1. The van der Waals surface area contributed by atoms with Crippen molar-refractivity contribution >= 4 is 16.8 Å². The Morgan fingerprint density at radius 1 is 1.46 bits per heavy atom.